The summed E-state index contributed by atoms with van der Waals surface area (Å²) >= 11 is -15.2. The van der Waals surface area contributed by atoms with Crippen molar-refractivity contribution >= 4 is 87.0 Å². The molecule has 0 aliphatic carbocycles. The van der Waals surface area contributed by atoms with Gasteiger partial charge in [-0.25, -0.2) is 33.6 Å². The van der Waals surface area contributed by atoms with Crippen LogP contribution in [-0.4, -0.2) is 156 Å². The van der Waals surface area contributed by atoms with E-state index in [1.807, 2.05) is 0 Å². The maximum absolute atomic E-state index is 11.6. The third-order valence-corrected chi connectivity index (χ3v) is 8.16. The quantitative estimate of drug-likeness (QED) is 0.0547. The number of ether oxygens (including phenoxy) is 2. The molecule has 1 aliphatic rings. The first-order valence-electron chi connectivity index (χ1n) is 10.9. The Kier molecular flexibility index (Phi) is 18.7. The Morgan fingerprint density at radius 1 is 0.633 bits per heavy atom. The third kappa shape index (κ3) is 19.9. The van der Waals surface area contributed by atoms with Crippen LogP contribution in [0.2, 0.25) is 0 Å². The molecule has 0 amide bonds. The molecule has 12 atom stereocenters. The van der Waals surface area contributed by atoms with Crippen molar-refractivity contribution in [2.24, 2.45) is 0 Å². The zero-order valence-electron chi connectivity index (χ0n) is 22.4. The summed E-state index contributed by atoms with van der Waals surface area (Å²) in [4.78, 5) is 0. The minimum Gasteiger partial charge on any atom is -0.750 e. The van der Waals surface area contributed by atoms with E-state index in [-0.39, 0.29) is 0 Å². The Bertz CT molecular complexity index is 1620. The Hall–Kier alpha value is -0.320. The first-order valence-corrected chi connectivity index (χ1v) is 20.4. The van der Waals surface area contributed by atoms with Gasteiger partial charge >= 0.3 is 41.6 Å². The molecule has 1 rings (SSSR count). The van der Waals surface area contributed by atoms with Crippen molar-refractivity contribution in [3.8, 4) is 0 Å². The molecule has 1 heterocycles. The third-order valence-electron chi connectivity index (χ3n) is 4.74. The van der Waals surface area contributed by atoms with Crippen LogP contribution < -0.4 is 0 Å². The smallest absolute Gasteiger partial charge is 0.397 e. The lowest BCUT2D eigenvalue weighted by Gasteiger charge is -2.41. The topological polar surface area (TPSA) is 470 Å². The van der Waals surface area contributed by atoms with Gasteiger partial charge in [-0.1, -0.05) is 0 Å². The lowest BCUT2D eigenvalue weighted by atomic mass is 10.0. The van der Waals surface area contributed by atoms with Gasteiger partial charge in [-0.3, -0.25) is 34.9 Å². The summed E-state index contributed by atoms with van der Waals surface area (Å²) in [7, 11) is -23.4. The molecule has 294 valence electrons. The van der Waals surface area contributed by atoms with E-state index in [1.54, 1.807) is 0 Å². The van der Waals surface area contributed by atoms with E-state index in [0.29, 0.717) is 0 Å². The molecule has 0 spiro atoms. The predicted molar refractivity (Wildman–Crippen MR) is 138 cm³/mol. The summed E-state index contributed by atoms with van der Waals surface area (Å²) < 4.78 is 260. The van der Waals surface area contributed by atoms with E-state index < -0.39 is 156 Å². The van der Waals surface area contributed by atoms with Crippen molar-refractivity contribution in [1.82, 2.24) is 0 Å². The molecule has 0 saturated carbocycles. The van der Waals surface area contributed by atoms with Gasteiger partial charge < -0.3 is 27.7 Å². The highest BCUT2D eigenvalue weighted by Gasteiger charge is 2.49. The van der Waals surface area contributed by atoms with Crippen LogP contribution in [0.3, 0.4) is 0 Å². The van der Waals surface area contributed by atoms with E-state index in [1.165, 1.54) is 0 Å². The van der Waals surface area contributed by atoms with Gasteiger partial charge in [0, 0.05) is 0 Å². The molecule has 4 N–H and O–H groups in total. The Morgan fingerprint density at radius 2 is 1.16 bits per heavy atom. The van der Waals surface area contributed by atoms with E-state index in [4.69, 9.17) is 23.1 Å². The Labute approximate surface area is 284 Å². The molecule has 49 heavy (non-hydrogen) atoms. The minimum absolute atomic E-state index is 1.15. The van der Waals surface area contributed by atoms with Crippen LogP contribution >= 0.6 is 0 Å². The second-order valence-corrected chi connectivity index (χ2v) is 14.6. The first-order chi connectivity index (χ1) is 22.1. The van der Waals surface area contributed by atoms with Crippen LogP contribution in [0.25, 0.3) is 0 Å². The second-order valence-electron chi connectivity index (χ2n) is 7.99. The van der Waals surface area contributed by atoms with Gasteiger partial charge in [0.2, 0.25) is 0 Å². The van der Waals surface area contributed by atoms with Crippen LogP contribution in [0, 0.1) is 0 Å². The van der Waals surface area contributed by atoms with Gasteiger partial charge in [0.1, 0.15) is 36.6 Å². The largest absolute Gasteiger partial charge is 0.750 e. The van der Waals surface area contributed by atoms with E-state index in [0.717, 1.165) is 0 Å². The zero-order valence-corrected chi connectivity index (χ0v) is 28.9. The number of hydrogen-bond donors (Lipinski definition) is 4. The SMILES string of the molecule is O=S([O-])O[C@@H]1[C@@H](OS(=O)(=O)O)[C@H](OC[C@@H](OS(=O)[O-])[C@@H](OS(=O)[O-])[C@H](OS(=O)(=O)O)[C@@H](COS(=O)(=O)O)OS(=O)(=O)O)OC[C@H]1OS(=O)[O-]. The van der Waals surface area contributed by atoms with Gasteiger partial charge in [0.05, 0.1) is 65.3 Å². The molecular weight excluding hydrogens is 869 g/mol. The average molecular weight is 887 g/mol. The Balaban J connectivity index is 3.77. The van der Waals surface area contributed by atoms with Gasteiger partial charge in [0.15, 0.2) is 12.4 Å². The minimum atomic E-state index is -6.05. The fourth-order valence-electron chi connectivity index (χ4n) is 3.36. The standard InChI is InChI=1S/C11H22O30S8/c12-42(13)35-4(1-32-11-10(41-49(29,30)31)8(38-45(18)19)5(2-33-11)36-43(14)15)7(37-44(16)17)9(40-48(26,27)28)6(39-47(23,24)25)3-34-46(20,21)22/h4-11H,1-3H2,(H,12,13)(H,14,15)(H,16,17)(H,18,19)(H,20,21,22)(H,23,24,25)(H,26,27,28)(H,29,30,31)/p-4/t4-,5-,6-,7-,8+,9-,10-,11-/m1/s1. The number of hydrogen-bond acceptors (Lipinski definition) is 26. The second kappa shape index (κ2) is 19.7. The first kappa shape index (κ1) is 46.7. The normalized spacial score (nSPS) is 26.2. The Morgan fingerprint density at radius 3 is 1.59 bits per heavy atom. The summed E-state index contributed by atoms with van der Waals surface area (Å²) in [5, 5.41) is 0. The van der Waals surface area contributed by atoms with Gasteiger partial charge in [-0.05, 0) is 0 Å². The van der Waals surface area contributed by atoms with E-state index in [2.05, 4.69) is 33.5 Å². The van der Waals surface area contributed by atoms with Crippen molar-refractivity contribution in [1.29, 1.82) is 0 Å². The van der Waals surface area contributed by atoms with Crippen LogP contribution in [0.1, 0.15) is 0 Å². The summed E-state index contributed by atoms with van der Waals surface area (Å²) in [6.07, 6.45) is -22.2. The molecule has 0 aromatic heterocycles. The van der Waals surface area contributed by atoms with Crippen LogP contribution in [-0.2, 0) is 130 Å². The predicted octanol–water partition coefficient (Wildman–Crippen LogP) is -6.54. The van der Waals surface area contributed by atoms with Crippen LogP contribution in [0.15, 0.2) is 0 Å². The van der Waals surface area contributed by atoms with E-state index >= 15 is 0 Å². The lowest BCUT2D eigenvalue weighted by molar-refractivity contribution is -0.261. The van der Waals surface area contributed by atoms with Gasteiger partial charge in [-0.2, -0.15) is 33.7 Å². The lowest BCUT2D eigenvalue weighted by Crippen LogP contribution is -2.59. The number of rotatable bonds is 23. The van der Waals surface area contributed by atoms with Gasteiger partial charge in [0.25, 0.3) is 0 Å². The molecule has 38 heteroatoms. The molecule has 0 radical (unpaired) electrons. The summed E-state index contributed by atoms with van der Waals surface area (Å²) in [6.45, 7) is -4.90. The van der Waals surface area contributed by atoms with E-state index in [9.17, 15) is 73.3 Å². The average Bonchev–Trinajstić information content (AvgIpc) is 2.86. The van der Waals surface area contributed by atoms with Crippen molar-refractivity contribution in [3.63, 3.8) is 0 Å². The molecule has 0 aromatic rings. The highest BCUT2D eigenvalue weighted by molar-refractivity contribution is 7.81. The zero-order chi connectivity index (χ0) is 38.1. The maximum Gasteiger partial charge on any atom is 0.397 e. The molecule has 0 aromatic carbocycles. The van der Waals surface area contributed by atoms with Crippen molar-refractivity contribution < 1.29 is 130 Å². The monoisotopic (exact) mass is 886 g/mol. The molecule has 4 unspecified atom stereocenters. The molecule has 1 saturated heterocycles. The van der Waals surface area contributed by atoms with Gasteiger partial charge in [-0.15, -0.1) is 0 Å². The van der Waals surface area contributed by atoms with Crippen molar-refractivity contribution in [2.75, 3.05) is 19.8 Å². The summed E-state index contributed by atoms with van der Waals surface area (Å²) in [6, 6.07) is 0. The molecule has 30 nitrogen and oxygen atoms in total. The fourth-order valence-corrected chi connectivity index (χ4v) is 6.70. The molecule has 0 bridgehead atoms. The van der Waals surface area contributed by atoms with Crippen LogP contribution in [0.4, 0.5) is 0 Å². The molecule has 1 fully saturated rings. The summed E-state index contributed by atoms with van der Waals surface area (Å²) in [5.74, 6) is 0. The molecule has 1 aliphatic heterocycles. The molecular formula is C11H18O30S8-4. The van der Waals surface area contributed by atoms with Crippen LogP contribution in [0.5, 0.6) is 0 Å². The maximum atomic E-state index is 11.6. The highest BCUT2D eigenvalue weighted by atomic mass is 32.3. The highest BCUT2D eigenvalue weighted by Crippen LogP contribution is 2.29. The van der Waals surface area contributed by atoms with Crippen molar-refractivity contribution in [3.05, 3.63) is 0 Å². The van der Waals surface area contributed by atoms with Crippen molar-refractivity contribution in [2.45, 2.75) is 49.0 Å². The fraction of sp³-hybridized carbons (Fsp3) is 1.00. The summed E-state index contributed by atoms with van der Waals surface area (Å²) in [5.41, 5.74) is 0.